The van der Waals surface area contributed by atoms with Crippen LogP contribution in [0.4, 0.5) is 0 Å². The van der Waals surface area contributed by atoms with Gasteiger partial charge in [-0.15, -0.1) is 0 Å². The molecule has 0 radical (unpaired) electrons. The second-order valence-corrected chi connectivity index (χ2v) is 5.97. The Balaban J connectivity index is 1.94. The Morgan fingerprint density at radius 1 is 1.33 bits per heavy atom. The molecule has 18 heavy (non-hydrogen) atoms. The number of benzene rings is 1. The van der Waals surface area contributed by atoms with Crippen molar-refractivity contribution in [2.75, 3.05) is 19.7 Å². The van der Waals surface area contributed by atoms with E-state index in [1.807, 2.05) is 6.07 Å². The molecule has 0 spiro atoms. The summed E-state index contributed by atoms with van der Waals surface area (Å²) in [7, 11) is 1.74. The molecule has 2 aliphatic rings. The van der Waals surface area contributed by atoms with Crippen molar-refractivity contribution < 1.29 is 4.74 Å². The van der Waals surface area contributed by atoms with Gasteiger partial charge in [0, 0.05) is 33.3 Å². The highest BCUT2D eigenvalue weighted by Crippen LogP contribution is 2.41. The van der Waals surface area contributed by atoms with Crippen molar-refractivity contribution in [2.45, 2.75) is 6.04 Å². The SMILES string of the molecule is ISN1CC=C(C2=NCCO2)C1c1ccccc1. The first kappa shape index (κ1) is 12.5. The van der Waals surface area contributed by atoms with Gasteiger partial charge in [-0.1, -0.05) is 36.4 Å². The van der Waals surface area contributed by atoms with Crippen LogP contribution in [0, 0.1) is 0 Å². The maximum Gasteiger partial charge on any atom is 0.213 e. The zero-order valence-electron chi connectivity index (χ0n) is 9.75. The standard InChI is InChI=1S/C13H13IN2OS/c14-18-16-8-6-11(13-15-7-9-17-13)12(16)10-4-2-1-3-5-10/h1-6,12H,7-9H2. The molecule has 1 unspecified atom stereocenters. The predicted octanol–water partition coefficient (Wildman–Crippen LogP) is 3.40. The summed E-state index contributed by atoms with van der Waals surface area (Å²) in [6.45, 7) is 2.43. The van der Waals surface area contributed by atoms with E-state index >= 15 is 0 Å². The quantitative estimate of drug-likeness (QED) is 0.601. The van der Waals surface area contributed by atoms with Gasteiger partial charge in [-0.2, -0.15) is 0 Å². The summed E-state index contributed by atoms with van der Waals surface area (Å²) in [4.78, 5) is 4.45. The molecule has 0 aliphatic carbocycles. The van der Waals surface area contributed by atoms with Crippen LogP contribution in [0.3, 0.4) is 0 Å². The molecule has 1 aromatic rings. The molecular formula is C13H13IN2OS. The number of aliphatic imine (C=N–C) groups is 1. The molecule has 0 fully saturated rings. The molecule has 0 N–H and O–H groups in total. The molecule has 3 rings (SSSR count). The van der Waals surface area contributed by atoms with E-state index in [1.54, 1.807) is 9.12 Å². The van der Waals surface area contributed by atoms with Gasteiger partial charge >= 0.3 is 0 Å². The van der Waals surface area contributed by atoms with E-state index in [9.17, 15) is 0 Å². The van der Waals surface area contributed by atoms with Crippen LogP contribution >= 0.6 is 30.3 Å². The fraction of sp³-hybridized carbons (Fsp3) is 0.308. The highest BCUT2D eigenvalue weighted by atomic mass is 127. The molecule has 0 aromatic heterocycles. The zero-order chi connectivity index (χ0) is 12.4. The van der Waals surface area contributed by atoms with E-state index in [0.29, 0.717) is 6.61 Å². The van der Waals surface area contributed by atoms with Gasteiger partial charge in [-0.25, -0.2) is 9.30 Å². The largest absolute Gasteiger partial charge is 0.476 e. The first-order valence-corrected chi connectivity index (χ1v) is 9.20. The minimum Gasteiger partial charge on any atom is -0.476 e. The molecule has 1 aromatic carbocycles. The lowest BCUT2D eigenvalue weighted by atomic mass is 10.0. The summed E-state index contributed by atoms with van der Waals surface area (Å²) >= 11 is 2.33. The lowest BCUT2D eigenvalue weighted by molar-refractivity contribution is 0.342. The Morgan fingerprint density at radius 2 is 2.17 bits per heavy atom. The molecule has 3 nitrogen and oxygen atoms in total. The van der Waals surface area contributed by atoms with Gasteiger partial charge in [0.2, 0.25) is 5.90 Å². The average molecular weight is 372 g/mol. The molecule has 0 saturated carbocycles. The van der Waals surface area contributed by atoms with Crippen molar-refractivity contribution in [1.82, 2.24) is 4.31 Å². The van der Waals surface area contributed by atoms with Gasteiger partial charge < -0.3 is 4.74 Å². The van der Waals surface area contributed by atoms with Gasteiger partial charge in [0.1, 0.15) is 6.61 Å². The minimum absolute atomic E-state index is 0.255. The lowest BCUT2D eigenvalue weighted by Crippen LogP contribution is -2.20. The van der Waals surface area contributed by atoms with Crippen molar-refractivity contribution in [3.63, 3.8) is 0 Å². The van der Waals surface area contributed by atoms with Gasteiger partial charge in [0.05, 0.1) is 12.6 Å². The van der Waals surface area contributed by atoms with E-state index in [1.165, 1.54) is 11.1 Å². The predicted molar refractivity (Wildman–Crippen MR) is 83.8 cm³/mol. The number of halogens is 1. The molecule has 0 saturated heterocycles. The van der Waals surface area contributed by atoms with Gasteiger partial charge in [-0.3, -0.25) is 0 Å². The summed E-state index contributed by atoms with van der Waals surface area (Å²) in [5.41, 5.74) is 2.51. The third-order valence-corrected chi connectivity index (χ3v) is 5.17. The Bertz CT molecular complexity index is 489. The van der Waals surface area contributed by atoms with E-state index in [4.69, 9.17) is 4.74 Å². The zero-order valence-corrected chi connectivity index (χ0v) is 12.7. The Hall–Kier alpha value is -0.530. The number of nitrogens with zero attached hydrogens (tertiary/aromatic N) is 2. The maximum atomic E-state index is 5.62. The molecule has 0 amide bonds. The Morgan fingerprint density at radius 3 is 2.83 bits per heavy atom. The van der Waals surface area contributed by atoms with Crippen molar-refractivity contribution in [3.8, 4) is 0 Å². The summed E-state index contributed by atoms with van der Waals surface area (Å²) in [6.07, 6.45) is 2.23. The second-order valence-electron chi connectivity index (χ2n) is 4.18. The van der Waals surface area contributed by atoms with Gasteiger partial charge in [0.15, 0.2) is 0 Å². The van der Waals surface area contributed by atoms with Crippen LogP contribution in [0.1, 0.15) is 11.6 Å². The van der Waals surface area contributed by atoms with Crippen LogP contribution < -0.4 is 0 Å². The summed E-state index contributed by atoms with van der Waals surface area (Å²) in [5.74, 6) is 0.830. The number of rotatable bonds is 3. The summed E-state index contributed by atoms with van der Waals surface area (Å²) < 4.78 is 7.97. The Labute approximate surface area is 123 Å². The van der Waals surface area contributed by atoms with Crippen molar-refractivity contribution >= 4 is 36.2 Å². The smallest absolute Gasteiger partial charge is 0.213 e. The van der Waals surface area contributed by atoms with E-state index in [-0.39, 0.29) is 6.04 Å². The fourth-order valence-electron chi connectivity index (χ4n) is 2.32. The first-order valence-electron chi connectivity index (χ1n) is 5.88. The number of ether oxygens (including phenoxy) is 1. The topological polar surface area (TPSA) is 24.8 Å². The van der Waals surface area contributed by atoms with Gasteiger partial charge in [0.25, 0.3) is 0 Å². The molecule has 2 heterocycles. The normalized spacial score (nSPS) is 23.7. The minimum atomic E-state index is 0.255. The Kier molecular flexibility index (Phi) is 3.91. The molecule has 2 aliphatic heterocycles. The first-order chi connectivity index (χ1) is 8.90. The highest BCUT2D eigenvalue weighted by Gasteiger charge is 2.33. The monoisotopic (exact) mass is 372 g/mol. The van der Waals surface area contributed by atoms with E-state index in [2.05, 4.69) is 60.8 Å². The average Bonchev–Trinajstić information content (AvgIpc) is 3.08. The van der Waals surface area contributed by atoms with Crippen LogP contribution in [-0.2, 0) is 4.74 Å². The lowest BCUT2D eigenvalue weighted by Gasteiger charge is -2.24. The van der Waals surface area contributed by atoms with Crippen molar-refractivity contribution in [2.24, 2.45) is 4.99 Å². The third-order valence-electron chi connectivity index (χ3n) is 3.11. The maximum absolute atomic E-state index is 5.62. The summed E-state index contributed by atoms with van der Waals surface area (Å²) in [6, 6.07) is 10.8. The molecular weight excluding hydrogens is 359 g/mol. The highest BCUT2D eigenvalue weighted by molar-refractivity contribution is 14.2. The number of hydrogen-bond acceptors (Lipinski definition) is 4. The number of hydrogen-bond donors (Lipinski definition) is 0. The van der Waals surface area contributed by atoms with E-state index in [0.717, 1.165) is 19.0 Å². The molecule has 1 atom stereocenters. The van der Waals surface area contributed by atoms with Crippen molar-refractivity contribution in [1.29, 1.82) is 0 Å². The van der Waals surface area contributed by atoms with Crippen LogP contribution in [0.2, 0.25) is 0 Å². The third kappa shape index (κ3) is 2.31. The van der Waals surface area contributed by atoms with Gasteiger partial charge in [-0.05, 0) is 14.7 Å². The van der Waals surface area contributed by atoms with E-state index < -0.39 is 0 Å². The van der Waals surface area contributed by atoms with Crippen LogP contribution in [0.5, 0.6) is 0 Å². The molecule has 0 bridgehead atoms. The fourth-order valence-corrected chi connectivity index (χ4v) is 3.93. The summed E-state index contributed by atoms with van der Waals surface area (Å²) in [5, 5.41) is 0. The second kappa shape index (κ2) is 5.63. The van der Waals surface area contributed by atoms with Crippen LogP contribution in [0.25, 0.3) is 0 Å². The van der Waals surface area contributed by atoms with Crippen LogP contribution in [-0.4, -0.2) is 29.9 Å². The van der Waals surface area contributed by atoms with Crippen LogP contribution in [0.15, 0.2) is 47.0 Å². The molecule has 94 valence electrons. The molecule has 5 heteroatoms. The van der Waals surface area contributed by atoms with Crippen molar-refractivity contribution in [3.05, 3.63) is 47.5 Å².